The molecule has 0 spiro atoms. The third-order valence-electron chi connectivity index (χ3n) is 3.03. The maximum atomic E-state index is 12.8. The average Bonchev–Trinajstić information content (AvgIpc) is 2.56. The van der Waals surface area contributed by atoms with Crippen molar-refractivity contribution in [2.75, 3.05) is 0 Å². The minimum Gasteiger partial charge on any atom is -0.480 e. The lowest BCUT2D eigenvalue weighted by molar-refractivity contribution is -0.141. The largest absolute Gasteiger partial charge is 0.480 e. The zero-order valence-electron chi connectivity index (χ0n) is 9.11. The number of carboxylic acid groups (broad SMARTS) is 1. The quantitative estimate of drug-likeness (QED) is 0.784. The molecule has 1 fully saturated rings. The number of carbonyl (C=O) groups is 2. The minimum absolute atomic E-state index is 0.0304. The molecule has 0 aliphatic carbocycles. The molecule has 2 heterocycles. The Morgan fingerprint density at radius 1 is 1.65 bits per heavy atom. The van der Waals surface area contributed by atoms with Gasteiger partial charge in [-0.1, -0.05) is 6.92 Å². The van der Waals surface area contributed by atoms with E-state index < -0.39 is 23.2 Å². The summed E-state index contributed by atoms with van der Waals surface area (Å²) in [6, 6.07) is 1.58. The van der Waals surface area contributed by atoms with Crippen LogP contribution in [0, 0.1) is 5.82 Å². The third-order valence-corrected chi connectivity index (χ3v) is 3.03. The summed E-state index contributed by atoms with van der Waals surface area (Å²) in [6.45, 7) is 1.63. The number of aromatic nitrogens is 1. The number of halogens is 1. The maximum absolute atomic E-state index is 12.8. The molecule has 1 aromatic heterocycles. The lowest BCUT2D eigenvalue weighted by Gasteiger charge is -2.26. The molecule has 17 heavy (non-hydrogen) atoms. The van der Waals surface area contributed by atoms with E-state index in [1.165, 1.54) is 12.1 Å². The fourth-order valence-electron chi connectivity index (χ4n) is 2.09. The summed E-state index contributed by atoms with van der Waals surface area (Å²) in [4.78, 5) is 26.3. The summed E-state index contributed by atoms with van der Waals surface area (Å²) < 4.78 is 12.8. The van der Waals surface area contributed by atoms with Crippen molar-refractivity contribution in [3.8, 4) is 0 Å². The molecule has 2 rings (SSSR count). The smallest absolute Gasteiger partial charge is 0.327 e. The predicted molar refractivity (Wildman–Crippen MR) is 55.7 cm³/mol. The Morgan fingerprint density at radius 3 is 2.88 bits per heavy atom. The van der Waals surface area contributed by atoms with Gasteiger partial charge >= 0.3 is 5.97 Å². The fourth-order valence-corrected chi connectivity index (χ4v) is 2.09. The van der Waals surface area contributed by atoms with Crippen LogP contribution in [-0.2, 0) is 15.0 Å². The van der Waals surface area contributed by atoms with Gasteiger partial charge in [-0.15, -0.1) is 0 Å². The highest BCUT2D eigenvalue weighted by atomic mass is 19.1. The number of hydrogen-bond acceptors (Lipinski definition) is 3. The molecule has 6 heteroatoms. The number of carboxylic acids is 1. The molecule has 2 atom stereocenters. The van der Waals surface area contributed by atoms with Crippen LogP contribution in [0.5, 0.6) is 0 Å². The number of amides is 1. The number of rotatable bonds is 2. The van der Waals surface area contributed by atoms with E-state index in [0.717, 1.165) is 6.20 Å². The minimum atomic E-state index is -1.12. The summed E-state index contributed by atoms with van der Waals surface area (Å²) in [6.07, 6.45) is 1.05. The van der Waals surface area contributed by atoms with Crippen molar-refractivity contribution in [3.63, 3.8) is 0 Å². The molecule has 1 saturated heterocycles. The van der Waals surface area contributed by atoms with E-state index in [0.29, 0.717) is 5.69 Å². The van der Waals surface area contributed by atoms with E-state index >= 15 is 0 Å². The molecule has 0 bridgehead atoms. The standard InChI is InChI=1S/C11H11FN2O3/c1-11(7-3-2-6(12)5-13-7)4-8(15)14-9(11)10(16)17/h2-3,5,9H,4H2,1H3,(H,14,15)(H,16,17). The first-order valence-corrected chi connectivity index (χ1v) is 5.08. The van der Waals surface area contributed by atoms with E-state index in [1.807, 2.05) is 0 Å². The van der Waals surface area contributed by atoms with Gasteiger partial charge in [0.2, 0.25) is 5.91 Å². The highest BCUT2D eigenvalue weighted by Gasteiger charge is 2.49. The van der Waals surface area contributed by atoms with Crippen LogP contribution in [0.1, 0.15) is 19.0 Å². The van der Waals surface area contributed by atoms with Gasteiger partial charge in [0.05, 0.1) is 6.20 Å². The molecule has 2 N–H and O–H groups in total. The van der Waals surface area contributed by atoms with E-state index in [-0.39, 0.29) is 12.3 Å². The van der Waals surface area contributed by atoms with Crippen molar-refractivity contribution in [2.24, 2.45) is 0 Å². The van der Waals surface area contributed by atoms with Crippen molar-refractivity contribution in [3.05, 3.63) is 29.8 Å². The topological polar surface area (TPSA) is 79.3 Å². The Kier molecular flexibility index (Phi) is 2.57. The van der Waals surface area contributed by atoms with E-state index in [4.69, 9.17) is 5.11 Å². The summed E-state index contributed by atoms with van der Waals surface area (Å²) in [5.74, 6) is -1.96. The van der Waals surface area contributed by atoms with Crippen LogP contribution in [0.15, 0.2) is 18.3 Å². The van der Waals surface area contributed by atoms with Gasteiger partial charge in [-0.2, -0.15) is 0 Å². The monoisotopic (exact) mass is 238 g/mol. The van der Waals surface area contributed by atoms with Gasteiger partial charge in [-0.25, -0.2) is 9.18 Å². The molecule has 2 unspecified atom stereocenters. The third kappa shape index (κ3) is 1.86. The first-order valence-electron chi connectivity index (χ1n) is 5.08. The predicted octanol–water partition coefficient (Wildman–Crippen LogP) is 0.452. The van der Waals surface area contributed by atoms with E-state index in [1.54, 1.807) is 6.92 Å². The van der Waals surface area contributed by atoms with Crippen molar-refractivity contribution < 1.29 is 19.1 Å². The summed E-state index contributed by atoms with van der Waals surface area (Å²) in [5, 5.41) is 11.5. The number of nitrogens with zero attached hydrogens (tertiary/aromatic N) is 1. The number of pyridine rings is 1. The van der Waals surface area contributed by atoms with Crippen LogP contribution in [-0.4, -0.2) is 28.0 Å². The molecule has 1 amide bonds. The van der Waals surface area contributed by atoms with Gasteiger partial charge in [0.1, 0.15) is 11.9 Å². The SMILES string of the molecule is CC1(c2ccc(F)cn2)CC(=O)NC1C(=O)O. The van der Waals surface area contributed by atoms with Gasteiger partial charge < -0.3 is 10.4 Å². The Hall–Kier alpha value is -1.98. The maximum Gasteiger partial charge on any atom is 0.327 e. The van der Waals surface area contributed by atoms with E-state index in [9.17, 15) is 14.0 Å². The Labute approximate surface area is 96.7 Å². The molecule has 1 aromatic rings. The zero-order chi connectivity index (χ0) is 12.6. The number of carbonyl (C=O) groups excluding carboxylic acids is 1. The lowest BCUT2D eigenvalue weighted by Crippen LogP contribution is -2.45. The second-order valence-electron chi connectivity index (χ2n) is 4.29. The van der Waals surface area contributed by atoms with Crippen molar-refractivity contribution in [1.82, 2.24) is 10.3 Å². The molecule has 0 radical (unpaired) electrons. The van der Waals surface area contributed by atoms with Gasteiger partial charge in [0.15, 0.2) is 0 Å². The first kappa shape index (κ1) is 11.5. The first-order chi connectivity index (χ1) is 7.93. The van der Waals surface area contributed by atoms with Crippen LogP contribution in [0.3, 0.4) is 0 Å². The molecular formula is C11H11FN2O3. The highest BCUT2D eigenvalue weighted by molar-refractivity contribution is 5.90. The Morgan fingerprint density at radius 2 is 2.35 bits per heavy atom. The normalized spacial score (nSPS) is 27.9. The Balaban J connectivity index is 2.43. The zero-order valence-corrected chi connectivity index (χ0v) is 9.11. The lowest BCUT2D eigenvalue weighted by atomic mass is 9.79. The molecular weight excluding hydrogens is 227 g/mol. The van der Waals surface area contributed by atoms with Crippen LogP contribution < -0.4 is 5.32 Å². The van der Waals surface area contributed by atoms with E-state index in [2.05, 4.69) is 10.3 Å². The summed E-state index contributed by atoms with van der Waals surface area (Å²) >= 11 is 0. The van der Waals surface area contributed by atoms with Crippen LogP contribution in [0.2, 0.25) is 0 Å². The fraction of sp³-hybridized carbons (Fsp3) is 0.364. The Bertz CT molecular complexity index is 474. The number of hydrogen-bond donors (Lipinski definition) is 2. The van der Waals surface area contributed by atoms with Gasteiger partial charge in [-0.05, 0) is 12.1 Å². The second kappa shape index (κ2) is 3.80. The van der Waals surface area contributed by atoms with Crippen LogP contribution in [0.25, 0.3) is 0 Å². The molecule has 5 nitrogen and oxygen atoms in total. The molecule has 1 aliphatic rings. The number of nitrogens with one attached hydrogen (secondary N) is 1. The van der Waals surface area contributed by atoms with Crippen LogP contribution >= 0.6 is 0 Å². The highest BCUT2D eigenvalue weighted by Crippen LogP contribution is 2.34. The van der Waals surface area contributed by atoms with Gasteiger partial charge in [0, 0.05) is 17.5 Å². The van der Waals surface area contributed by atoms with Gasteiger partial charge in [0.25, 0.3) is 0 Å². The average molecular weight is 238 g/mol. The van der Waals surface area contributed by atoms with Crippen molar-refractivity contribution in [2.45, 2.75) is 24.8 Å². The van der Waals surface area contributed by atoms with Crippen molar-refractivity contribution >= 4 is 11.9 Å². The van der Waals surface area contributed by atoms with Crippen molar-refractivity contribution in [1.29, 1.82) is 0 Å². The van der Waals surface area contributed by atoms with Gasteiger partial charge in [-0.3, -0.25) is 9.78 Å². The molecule has 1 aliphatic heterocycles. The molecule has 90 valence electrons. The molecule has 0 aromatic carbocycles. The number of aliphatic carboxylic acids is 1. The summed E-state index contributed by atoms with van der Waals surface area (Å²) in [5.41, 5.74) is -0.555. The summed E-state index contributed by atoms with van der Waals surface area (Å²) in [7, 11) is 0. The van der Waals surface area contributed by atoms with Crippen LogP contribution in [0.4, 0.5) is 4.39 Å². The molecule has 0 saturated carbocycles. The second-order valence-corrected chi connectivity index (χ2v) is 4.29.